The van der Waals surface area contributed by atoms with Crippen molar-refractivity contribution in [3.05, 3.63) is 58.5 Å². The molecule has 7 heteroatoms. The SMILES string of the molecule is CCN1CCN(C(=O)c2c[nH]n3c(=O)cc(-c4ccccc4)nc23)CC1. The Morgan fingerprint density at radius 1 is 1.15 bits per heavy atom. The molecular formula is C19H21N5O2. The van der Waals surface area contributed by atoms with Crippen LogP contribution in [0.3, 0.4) is 0 Å². The van der Waals surface area contributed by atoms with E-state index in [1.54, 1.807) is 6.20 Å². The number of hydrogen-bond donors (Lipinski definition) is 1. The van der Waals surface area contributed by atoms with Gasteiger partial charge in [-0.25, -0.2) is 9.50 Å². The number of likely N-dealkylation sites (N-methyl/N-ethyl adjacent to an activating group) is 1. The Bertz CT molecular complexity index is 984. The van der Waals surface area contributed by atoms with Crippen molar-refractivity contribution < 1.29 is 4.79 Å². The highest BCUT2D eigenvalue weighted by atomic mass is 16.2. The van der Waals surface area contributed by atoms with Crippen LogP contribution in [-0.2, 0) is 0 Å². The van der Waals surface area contributed by atoms with Crippen LogP contribution >= 0.6 is 0 Å². The molecule has 1 fully saturated rings. The summed E-state index contributed by atoms with van der Waals surface area (Å²) in [6, 6.07) is 11.0. The first-order valence-corrected chi connectivity index (χ1v) is 8.85. The monoisotopic (exact) mass is 351 g/mol. The molecule has 0 aliphatic carbocycles. The van der Waals surface area contributed by atoms with E-state index in [0.717, 1.165) is 25.2 Å². The van der Waals surface area contributed by atoms with Crippen molar-refractivity contribution >= 4 is 11.6 Å². The van der Waals surface area contributed by atoms with E-state index in [-0.39, 0.29) is 11.5 Å². The van der Waals surface area contributed by atoms with E-state index in [0.29, 0.717) is 30.0 Å². The Hall–Kier alpha value is -2.93. The number of rotatable bonds is 3. The fraction of sp³-hybridized carbons (Fsp3) is 0.316. The standard InChI is InChI=1S/C19H21N5O2/c1-2-22-8-10-23(11-9-22)19(26)15-13-20-24-17(25)12-16(21-18(15)24)14-6-4-3-5-7-14/h3-7,12-13,20H,2,8-11H2,1H3. The van der Waals surface area contributed by atoms with Crippen LogP contribution in [0.2, 0.25) is 0 Å². The molecule has 3 heterocycles. The normalized spacial score (nSPS) is 15.5. The molecule has 4 rings (SSSR count). The Balaban J connectivity index is 1.71. The first-order chi connectivity index (χ1) is 12.7. The number of carbonyl (C=O) groups is 1. The van der Waals surface area contributed by atoms with Crippen LogP contribution in [0.25, 0.3) is 16.9 Å². The number of H-pyrrole nitrogens is 1. The number of hydrogen-bond acceptors (Lipinski definition) is 4. The minimum absolute atomic E-state index is 0.0865. The second-order valence-corrected chi connectivity index (χ2v) is 6.42. The highest BCUT2D eigenvalue weighted by Gasteiger charge is 2.24. The van der Waals surface area contributed by atoms with Gasteiger partial charge in [0.05, 0.1) is 5.69 Å². The van der Waals surface area contributed by atoms with Crippen LogP contribution in [0.5, 0.6) is 0 Å². The van der Waals surface area contributed by atoms with E-state index in [1.165, 1.54) is 10.6 Å². The number of aromatic amines is 1. The van der Waals surface area contributed by atoms with Crippen molar-refractivity contribution in [1.29, 1.82) is 0 Å². The van der Waals surface area contributed by atoms with Gasteiger partial charge in [-0.3, -0.25) is 14.7 Å². The molecule has 1 saturated heterocycles. The maximum Gasteiger partial charge on any atom is 0.273 e. The van der Waals surface area contributed by atoms with Gasteiger partial charge in [0.15, 0.2) is 5.65 Å². The fourth-order valence-electron chi connectivity index (χ4n) is 3.33. The highest BCUT2D eigenvalue weighted by molar-refractivity contribution is 5.99. The topological polar surface area (TPSA) is 73.7 Å². The molecule has 0 radical (unpaired) electrons. The van der Waals surface area contributed by atoms with Gasteiger partial charge in [-0.15, -0.1) is 0 Å². The quantitative estimate of drug-likeness (QED) is 0.775. The van der Waals surface area contributed by atoms with Gasteiger partial charge in [0.2, 0.25) is 0 Å². The van der Waals surface area contributed by atoms with Crippen molar-refractivity contribution in [3.8, 4) is 11.3 Å². The van der Waals surface area contributed by atoms with Crippen LogP contribution < -0.4 is 5.56 Å². The Morgan fingerprint density at radius 2 is 1.88 bits per heavy atom. The third kappa shape index (κ3) is 2.90. The molecule has 2 aromatic heterocycles. The van der Waals surface area contributed by atoms with E-state index in [4.69, 9.17) is 0 Å². The van der Waals surface area contributed by atoms with Crippen molar-refractivity contribution in [3.63, 3.8) is 0 Å². The first-order valence-electron chi connectivity index (χ1n) is 8.85. The summed E-state index contributed by atoms with van der Waals surface area (Å²) in [6.07, 6.45) is 1.58. The second-order valence-electron chi connectivity index (χ2n) is 6.42. The molecule has 3 aromatic rings. The first kappa shape index (κ1) is 16.5. The van der Waals surface area contributed by atoms with Gasteiger partial charge < -0.3 is 9.80 Å². The van der Waals surface area contributed by atoms with Crippen LogP contribution in [0.4, 0.5) is 0 Å². The average molecular weight is 351 g/mol. The van der Waals surface area contributed by atoms with E-state index in [2.05, 4.69) is 21.9 Å². The summed E-state index contributed by atoms with van der Waals surface area (Å²) in [7, 11) is 0. The third-order valence-electron chi connectivity index (χ3n) is 4.90. The summed E-state index contributed by atoms with van der Waals surface area (Å²) >= 11 is 0. The van der Waals surface area contributed by atoms with Crippen molar-refractivity contribution in [1.82, 2.24) is 24.4 Å². The Morgan fingerprint density at radius 3 is 2.58 bits per heavy atom. The van der Waals surface area contributed by atoms with Crippen molar-refractivity contribution in [2.45, 2.75) is 6.92 Å². The Kier molecular flexibility index (Phi) is 4.30. The zero-order valence-electron chi connectivity index (χ0n) is 14.7. The van der Waals surface area contributed by atoms with Gasteiger partial charge in [0, 0.05) is 44.0 Å². The molecule has 26 heavy (non-hydrogen) atoms. The number of benzene rings is 1. The Labute approximate surface area is 150 Å². The summed E-state index contributed by atoms with van der Waals surface area (Å²) in [6.45, 7) is 6.23. The summed E-state index contributed by atoms with van der Waals surface area (Å²) in [5.74, 6) is -0.0865. The highest BCUT2D eigenvalue weighted by Crippen LogP contribution is 2.18. The molecule has 1 aromatic carbocycles. The molecule has 0 saturated carbocycles. The van der Waals surface area contributed by atoms with Gasteiger partial charge in [-0.05, 0) is 6.54 Å². The van der Waals surface area contributed by atoms with Crippen LogP contribution in [-0.4, -0.2) is 63.0 Å². The van der Waals surface area contributed by atoms with Gasteiger partial charge in [-0.1, -0.05) is 37.3 Å². The zero-order chi connectivity index (χ0) is 18.1. The predicted molar refractivity (Wildman–Crippen MR) is 99.3 cm³/mol. The molecule has 0 unspecified atom stereocenters. The molecule has 1 aliphatic heterocycles. The molecule has 1 aliphatic rings. The lowest BCUT2D eigenvalue weighted by Crippen LogP contribution is -2.48. The maximum absolute atomic E-state index is 13.0. The van der Waals surface area contributed by atoms with Crippen molar-refractivity contribution in [2.75, 3.05) is 32.7 Å². The molecule has 1 amide bonds. The number of fused-ring (bicyclic) bond motifs is 1. The van der Waals surface area contributed by atoms with Gasteiger partial charge >= 0.3 is 0 Å². The maximum atomic E-state index is 13.0. The van der Waals surface area contributed by atoms with E-state index < -0.39 is 0 Å². The van der Waals surface area contributed by atoms with Gasteiger partial charge in [-0.2, -0.15) is 0 Å². The minimum atomic E-state index is -0.233. The molecule has 0 atom stereocenters. The lowest BCUT2D eigenvalue weighted by atomic mass is 10.1. The fourth-order valence-corrected chi connectivity index (χ4v) is 3.33. The van der Waals surface area contributed by atoms with Crippen LogP contribution in [0, 0.1) is 0 Å². The minimum Gasteiger partial charge on any atom is -0.336 e. The second kappa shape index (κ2) is 6.76. The zero-order valence-corrected chi connectivity index (χ0v) is 14.7. The van der Waals surface area contributed by atoms with Gasteiger partial charge in [0.1, 0.15) is 5.56 Å². The number of carbonyl (C=O) groups excluding carboxylic acids is 1. The van der Waals surface area contributed by atoms with E-state index in [9.17, 15) is 9.59 Å². The molecule has 134 valence electrons. The van der Waals surface area contributed by atoms with Gasteiger partial charge in [0.25, 0.3) is 11.5 Å². The van der Waals surface area contributed by atoms with Crippen LogP contribution in [0.15, 0.2) is 47.4 Å². The third-order valence-corrected chi connectivity index (χ3v) is 4.90. The lowest BCUT2D eigenvalue weighted by molar-refractivity contribution is 0.0645. The van der Waals surface area contributed by atoms with E-state index in [1.807, 2.05) is 35.2 Å². The number of aromatic nitrogens is 3. The number of nitrogens with one attached hydrogen (secondary N) is 1. The number of amides is 1. The van der Waals surface area contributed by atoms with E-state index >= 15 is 0 Å². The molecular weight excluding hydrogens is 330 g/mol. The summed E-state index contributed by atoms with van der Waals surface area (Å²) in [5.41, 5.74) is 2.00. The predicted octanol–water partition coefficient (Wildman–Crippen LogP) is 1.47. The molecule has 0 spiro atoms. The van der Waals surface area contributed by atoms with Crippen molar-refractivity contribution in [2.24, 2.45) is 0 Å². The summed E-state index contributed by atoms with van der Waals surface area (Å²) in [4.78, 5) is 34.1. The smallest absolute Gasteiger partial charge is 0.273 e. The summed E-state index contributed by atoms with van der Waals surface area (Å²) in [5, 5.41) is 2.86. The molecule has 7 nitrogen and oxygen atoms in total. The molecule has 1 N–H and O–H groups in total. The number of piperazine rings is 1. The lowest BCUT2D eigenvalue weighted by Gasteiger charge is -2.33. The largest absolute Gasteiger partial charge is 0.336 e. The average Bonchev–Trinajstić information content (AvgIpc) is 3.13. The van der Waals surface area contributed by atoms with Crippen LogP contribution in [0.1, 0.15) is 17.3 Å². The number of nitrogens with zero attached hydrogens (tertiary/aromatic N) is 4. The summed E-state index contributed by atoms with van der Waals surface area (Å²) < 4.78 is 1.32. The molecule has 0 bridgehead atoms.